The van der Waals surface area contributed by atoms with Gasteiger partial charge in [-0.2, -0.15) is 15.5 Å². The predicted octanol–water partition coefficient (Wildman–Crippen LogP) is 0.176. The molecule has 0 aromatic heterocycles. The molecule has 0 spiro atoms. The standard InChI is InChI=1S/C8H8N4O2S/c1-15-8(11-6(13)2-4-9)12-7(14)3-5-10/h2-3H2,1H3,(H,11,12,13,14). The quantitative estimate of drug-likeness (QED) is 0.531. The average Bonchev–Trinajstić information content (AvgIpc) is 2.17. The molecule has 0 aliphatic heterocycles. The molecule has 0 heterocycles. The largest absolute Gasteiger partial charge is 0.304 e. The van der Waals surface area contributed by atoms with E-state index in [1.807, 2.05) is 0 Å². The molecular formula is C8H8N4O2S. The third-order valence-electron chi connectivity index (χ3n) is 1.14. The second-order valence-corrected chi connectivity index (χ2v) is 3.03. The third-order valence-corrected chi connectivity index (χ3v) is 1.72. The lowest BCUT2D eigenvalue weighted by Gasteiger charge is -2.02. The van der Waals surface area contributed by atoms with Gasteiger partial charge in [0.2, 0.25) is 5.91 Å². The smallest absolute Gasteiger partial charge is 0.262 e. The molecule has 7 heteroatoms. The first-order chi connectivity index (χ1) is 7.13. The van der Waals surface area contributed by atoms with Crippen LogP contribution in [0.1, 0.15) is 12.8 Å². The average molecular weight is 224 g/mol. The molecule has 78 valence electrons. The normalized spacial score (nSPS) is 9.93. The second-order valence-electron chi connectivity index (χ2n) is 2.23. The van der Waals surface area contributed by atoms with Crippen molar-refractivity contribution >= 4 is 28.7 Å². The van der Waals surface area contributed by atoms with Gasteiger partial charge in [0.15, 0.2) is 5.17 Å². The molecular weight excluding hydrogens is 216 g/mol. The Bertz CT molecular complexity index is 364. The number of amidine groups is 1. The van der Waals surface area contributed by atoms with Gasteiger partial charge in [-0.3, -0.25) is 9.59 Å². The van der Waals surface area contributed by atoms with Crippen LogP contribution in [0.5, 0.6) is 0 Å². The van der Waals surface area contributed by atoms with Crippen molar-refractivity contribution in [3.8, 4) is 12.1 Å². The van der Waals surface area contributed by atoms with Crippen molar-refractivity contribution in [1.82, 2.24) is 5.32 Å². The number of nitriles is 2. The molecule has 0 aliphatic rings. The maximum Gasteiger partial charge on any atom is 0.262 e. The number of nitrogens with zero attached hydrogens (tertiary/aromatic N) is 3. The maximum absolute atomic E-state index is 10.9. The lowest BCUT2D eigenvalue weighted by molar-refractivity contribution is -0.118. The summed E-state index contributed by atoms with van der Waals surface area (Å²) < 4.78 is 0. The summed E-state index contributed by atoms with van der Waals surface area (Å²) in [5.41, 5.74) is 0. The highest BCUT2D eigenvalue weighted by Gasteiger charge is 2.06. The minimum Gasteiger partial charge on any atom is -0.304 e. The molecule has 0 fully saturated rings. The first kappa shape index (κ1) is 13.1. The Balaban J connectivity index is 4.38. The van der Waals surface area contributed by atoms with E-state index in [4.69, 9.17) is 10.5 Å². The fraction of sp³-hybridized carbons (Fsp3) is 0.375. The Morgan fingerprint density at radius 3 is 2.40 bits per heavy atom. The van der Waals surface area contributed by atoms with Crippen LogP contribution in [-0.4, -0.2) is 23.2 Å². The van der Waals surface area contributed by atoms with Gasteiger partial charge < -0.3 is 5.32 Å². The van der Waals surface area contributed by atoms with Crippen LogP contribution in [0.15, 0.2) is 4.99 Å². The van der Waals surface area contributed by atoms with Gasteiger partial charge in [-0.15, -0.1) is 0 Å². The van der Waals surface area contributed by atoms with E-state index in [2.05, 4.69) is 10.3 Å². The number of carbonyl (C=O) groups excluding carboxylic acids is 2. The summed E-state index contributed by atoms with van der Waals surface area (Å²) in [6.07, 6.45) is 0.981. The maximum atomic E-state index is 10.9. The number of nitrogens with one attached hydrogen (secondary N) is 1. The number of amides is 2. The molecule has 0 atom stereocenters. The molecule has 0 saturated heterocycles. The predicted molar refractivity (Wildman–Crippen MR) is 54.6 cm³/mol. The molecule has 0 unspecified atom stereocenters. The van der Waals surface area contributed by atoms with Crippen molar-refractivity contribution < 1.29 is 9.59 Å². The van der Waals surface area contributed by atoms with E-state index in [1.54, 1.807) is 18.4 Å². The minimum atomic E-state index is -0.626. The van der Waals surface area contributed by atoms with Crippen LogP contribution in [0.3, 0.4) is 0 Å². The summed E-state index contributed by atoms with van der Waals surface area (Å²) in [5.74, 6) is -1.16. The number of rotatable bonds is 2. The van der Waals surface area contributed by atoms with Crippen LogP contribution in [0.2, 0.25) is 0 Å². The fourth-order valence-corrected chi connectivity index (χ4v) is 0.989. The Morgan fingerprint density at radius 1 is 1.33 bits per heavy atom. The van der Waals surface area contributed by atoms with Crippen LogP contribution in [0, 0.1) is 22.7 Å². The van der Waals surface area contributed by atoms with E-state index in [0.29, 0.717) is 0 Å². The molecule has 15 heavy (non-hydrogen) atoms. The van der Waals surface area contributed by atoms with Crippen LogP contribution >= 0.6 is 11.8 Å². The van der Waals surface area contributed by atoms with Crippen LogP contribution in [-0.2, 0) is 9.59 Å². The van der Waals surface area contributed by atoms with Gasteiger partial charge in [0, 0.05) is 0 Å². The molecule has 2 amide bonds. The Kier molecular flexibility index (Phi) is 6.60. The van der Waals surface area contributed by atoms with Gasteiger partial charge in [0.25, 0.3) is 5.91 Å². The van der Waals surface area contributed by atoms with E-state index in [0.717, 1.165) is 11.8 Å². The summed E-state index contributed by atoms with van der Waals surface area (Å²) in [7, 11) is 0. The van der Waals surface area contributed by atoms with Crippen molar-refractivity contribution in [2.24, 2.45) is 4.99 Å². The number of hydrogen-bond donors (Lipinski definition) is 1. The van der Waals surface area contributed by atoms with Gasteiger partial charge in [0.05, 0.1) is 12.1 Å². The molecule has 1 N–H and O–H groups in total. The van der Waals surface area contributed by atoms with Gasteiger partial charge in [0.1, 0.15) is 12.8 Å². The monoisotopic (exact) mass is 224 g/mol. The summed E-state index contributed by atoms with van der Waals surface area (Å²) >= 11 is 1.06. The topological polar surface area (TPSA) is 106 Å². The fourth-order valence-electron chi connectivity index (χ4n) is 0.580. The third kappa shape index (κ3) is 6.24. The van der Waals surface area contributed by atoms with Crippen LogP contribution in [0.4, 0.5) is 0 Å². The second kappa shape index (κ2) is 7.54. The number of hydrogen-bond acceptors (Lipinski definition) is 5. The lowest BCUT2D eigenvalue weighted by Crippen LogP contribution is -2.28. The summed E-state index contributed by atoms with van der Waals surface area (Å²) in [5, 5.41) is 18.8. The van der Waals surface area contributed by atoms with E-state index in [-0.39, 0.29) is 18.0 Å². The lowest BCUT2D eigenvalue weighted by atomic mass is 10.4. The van der Waals surface area contributed by atoms with Crippen molar-refractivity contribution in [1.29, 1.82) is 10.5 Å². The molecule has 0 aliphatic carbocycles. The molecule has 0 rings (SSSR count). The highest BCUT2D eigenvalue weighted by atomic mass is 32.2. The summed E-state index contributed by atoms with van der Waals surface area (Å²) in [4.78, 5) is 25.3. The van der Waals surface area contributed by atoms with E-state index < -0.39 is 11.8 Å². The van der Waals surface area contributed by atoms with E-state index >= 15 is 0 Å². The highest BCUT2D eigenvalue weighted by molar-refractivity contribution is 8.13. The molecule has 6 nitrogen and oxygen atoms in total. The molecule has 0 saturated carbocycles. The highest BCUT2D eigenvalue weighted by Crippen LogP contribution is 1.97. The summed E-state index contributed by atoms with van der Waals surface area (Å²) in [6.45, 7) is 0. The Labute approximate surface area is 91.0 Å². The first-order valence-electron chi connectivity index (χ1n) is 3.83. The number of aliphatic imine (C=N–C) groups is 1. The zero-order valence-electron chi connectivity index (χ0n) is 7.98. The van der Waals surface area contributed by atoms with Gasteiger partial charge >= 0.3 is 0 Å². The van der Waals surface area contributed by atoms with Crippen LogP contribution < -0.4 is 5.32 Å². The molecule has 0 aromatic rings. The molecule has 0 bridgehead atoms. The minimum absolute atomic E-state index is 0.0931. The number of carbonyl (C=O) groups is 2. The van der Waals surface area contributed by atoms with Gasteiger partial charge in [-0.25, -0.2) is 0 Å². The van der Waals surface area contributed by atoms with Crippen molar-refractivity contribution in [2.75, 3.05) is 6.26 Å². The van der Waals surface area contributed by atoms with Gasteiger partial charge in [-0.1, -0.05) is 11.8 Å². The van der Waals surface area contributed by atoms with Gasteiger partial charge in [-0.05, 0) is 6.26 Å². The van der Waals surface area contributed by atoms with Crippen molar-refractivity contribution in [3.63, 3.8) is 0 Å². The van der Waals surface area contributed by atoms with E-state index in [9.17, 15) is 9.59 Å². The molecule has 0 aromatic carbocycles. The summed E-state index contributed by atoms with van der Waals surface area (Å²) in [6, 6.07) is 3.31. The van der Waals surface area contributed by atoms with Crippen molar-refractivity contribution in [2.45, 2.75) is 12.8 Å². The first-order valence-corrected chi connectivity index (χ1v) is 5.05. The zero-order chi connectivity index (χ0) is 11.7. The Hall–Kier alpha value is -1.86. The van der Waals surface area contributed by atoms with Crippen LogP contribution in [0.25, 0.3) is 0 Å². The van der Waals surface area contributed by atoms with E-state index in [1.165, 1.54) is 0 Å². The SMILES string of the molecule is CSC(=NC(=O)CC#N)NC(=O)CC#N. The Morgan fingerprint density at radius 2 is 1.93 bits per heavy atom. The molecule has 0 radical (unpaired) electrons. The van der Waals surface area contributed by atoms with Crippen molar-refractivity contribution in [3.05, 3.63) is 0 Å². The number of thioether (sulfide) groups is 1. The zero-order valence-corrected chi connectivity index (χ0v) is 8.80.